The van der Waals surface area contributed by atoms with Crippen LogP contribution in [-0.2, 0) is 0 Å². The molecule has 0 radical (unpaired) electrons. The first-order valence-corrected chi connectivity index (χ1v) is 13.2. The number of rotatable bonds is 2. The Morgan fingerprint density at radius 2 is 0.800 bits per heavy atom. The molecule has 0 aliphatic carbocycles. The zero-order valence-electron chi connectivity index (χ0n) is 9.87. The van der Waals surface area contributed by atoms with E-state index < -0.39 is 19.5 Å². The van der Waals surface area contributed by atoms with E-state index in [0.29, 0.717) is 0 Å². The summed E-state index contributed by atoms with van der Waals surface area (Å²) in [5.41, 5.74) is 0. The van der Waals surface area contributed by atoms with Crippen LogP contribution >= 0.6 is 0 Å². The van der Waals surface area contributed by atoms with Gasteiger partial charge < -0.3 is 0 Å². The van der Waals surface area contributed by atoms with Gasteiger partial charge in [-0.15, -0.1) is 0 Å². The summed E-state index contributed by atoms with van der Waals surface area (Å²) in [7, 11) is 0. The van der Waals surface area contributed by atoms with Crippen molar-refractivity contribution in [2.45, 2.75) is 0 Å². The summed E-state index contributed by atoms with van der Waals surface area (Å²) in [6.07, 6.45) is 0. The molecule has 0 fully saturated rings. The van der Waals surface area contributed by atoms with Crippen LogP contribution in [0.4, 0.5) is 16.9 Å². The van der Waals surface area contributed by atoms with Gasteiger partial charge in [-0.25, -0.2) is 0 Å². The average molecular weight is 517 g/mol. The predicted octanol–water partition coefficient (Wildman–Crippen LogP) is 1.96. The molecule has 0 N–H and O–H groups in total. The number of benzene rings is 2. The van der Waals surface area contributed by atoms with Gasteiger partial charge in [0.1, 0.15) is 0 Å². The Morgan fingerprint density at radius 3 is 1.05 bits per heavy atom. The Labute approximate surface area is 125 Å². The number of hydrogen-bond acceptors (Lipinski definition) is 0. The van der Waals surface area contributed by atoms with Crippen molar-refractivity contribution in [2.24, 2.45) is 0 Å². The monoisotopic (exact) mass is 516 g/mol. The van der Waals surface area contributed by atoms with Gasteiger partial charge in [-0.2, -0.15) is 0 Å². The molecule has 0 heterocycles. The molecule has 0 saturated heterocycles. The maximum absolute atomic E-state index is 11.2. The third-order valence-corrected chi connectivity index (χ3v) is 4.37. The second-order valence-corrected chi connectivity index (χ2v) is 12.1. The van der Waals surface area contributed by atoms with Gasteiger partial charge in [0, 0.05) is 0 Å². The fourth-order valence-corrected chi connectivity index (χ4v) is 3.35. The van der Waals surface area contributed by atoms with Crippen LogP contribution in [-0.4, -0.2) is 19.5 Å². The summed E-state index contributed by atoms with van der Waals surface area (Å²) in [4.78, 5) is 0. The van der Waals surface area contributed by atoms with Crippen molar-refractivity contribution >= 4 is 19.5 Å². The van der Waals surface area contributed by atoms with E-state index in [0.717, 1.165) is 0 Å². The van der Waals surface area contributed by atoms with Gasteiger partial charge in [0.2, 0.25) is 0 Å². The predicted molar refractivity (Wildman–Crippen MR) is 62.7 cm³/mol. The van der Waals surface area contributed by atoms with Gasteiger partial charge in [0.25, 0.3) is 0 Å². The van der Waals surface area contributed by atoms with Gasteiger partial charge in [0.15, 0.2) is 0 Å². The van der Waals surface area contributed by atoms with Crippen LogP contribution in [0.3, 0.4) is 0 Å². The number of halogens is 7. The Balaban J connectivity index is 0.000000246. The van der Waals surface area contributed by atoms with Crippen molar-refractivity contribution in [2.75, 3.05) is 0 Å². The van der Waals surface area contributed by atoms with Crippen molar-refractivity contribution in [3.05, 3.63) is 67.8 Å². The van der Waals surface area contributed by atoms with Crippen LogP contribution in [0.15, 0.2) is 60.7 Å². The zero-order valence-corrected chi connectivity index (χ0v) is 14.6. The molecule has 8 heteroatoms. The van der Waals surface area contributed by atoms with Crippen molar-refractivity contribution in [3.63, 3.8) is 0 Å². The Kier molecular flexibility index (Phi) is 5.07. The van der Waals surface area contributed by atoms with E-state index in [1.165, 1.54) is 7.14 Å². The Morgan fingerprint density at radius 1 is 0.550 bits per heavy atom. The molecule has 0 nitrogen and oxygen atoms in total. The van der Waals surface area contributed by atoms with Crippen LogP contribution in [0.1, 0.15) is 0 Å². The molecule has 0 spiro atoms. The minimum atomic E-state index is -11.2. The Hall–Kier alpha value is -0.432. The van der Waals surface area contributed by atoms with Gasteiger partial charge in [-0.1, -0.05) is 0 Å². The van der Waals surface area contributed by atoms with E-state index in [4.69, 9.17) is 0 Å². The molecular formula is C12H10F6ISb-2. The van der Waals surface area contributed by atoms with Crippen molar-refractivity contribution in [3.8, 4) is 0 Å². The molecule has 0 unspecified atom stereocenters. The molecular weight excluding hydrogens is 507 g/mol. The maximum atomic E-state index is 9.93. The van der Waals surface area contributed by atoms with Gasteiger partial charge in [-0.05, 0) is 0 Å². The SMILES string of the molecule is [F][Sb-]([F])([F])([F])([F])[F].c1ccc([I-]c2ccccc2)cc1. The van der Waals surface area contributed by atoms with Gasteiger partial charge in [0.05, 0.1) is 0 Å². The van der Waals surface area contributed by atoms with E-state index in [1.54, 1.807) is 0 Å². The fourth-order valence-electron chi connectivity index (χ4n) is 1.08. The topological polar surface area (TPSA) is 0 Å². The van der Waals surface area contributed by atoms with Crippen LogP contribution < -0.4 is 21.2 Å². The first-order chi connectivity index (χ1) is 8.90. The molecule has 0 bridgehead atoms. The van der Waals surface area contributed by atoms with Crippen molar-refractivity contribution in [1.82, 2.24) is 0 Å². The van der Waals surface area contributed by atoms with E-state index >= 15 is 0 Å². The fraction of sp³-hybridized carbons (Fsp3) is 0. The second kappa shape index (κ2) is 5.75. The molecule has 2 rings (SSSR count). The molecule has 0 aliphatic rings. The second-order valence-electron chi connectivity index (χ2n) is 3.64. The quantitative estimate of drug-likeness (QED) is 0.325. The zero-order chi connectivity index (χ0) is 15.3. The summed E-state index contributed by atoms with van der Waals surface area (Å²) >= 11 is -11.2. The summed E-state index contributed by atoms with van der Waals surface area (Å²) in [5, 5.41) is 0. The minimum absolute atomic E-state index is 0.0287. The first-order valence-electron chi connectivity index (χ1n) is 5.21. The summed E-state index contributed by atoms with van der Waals surface area (Å²) in [5.74, 6) is 0. The van der Waals surface area contributed by atoms with Crippen LogP contribution in [0.25, 0.3) is 0 Å². The Bertz CT molecular complexity index is 489. The van der Waals surface area contributed by atoms with Crippen molar-refractivity contribution < 1.29 is 38.1 Å². The molecule has 0 atom stereocenters. The van der Waals surface area contributed by atoms with E-state index in [9.17, 15) is 16.9 Å². The molecule has 0 saturated carbocycles. The summed E-state index contributed by atoms with van der Waals surface area (Å²) < 4.78 is 62.5. The molecule has 0 aromatic heterocycles. The standard InChI is InChI=1S/C12H10I.6FH.Sb/c1-3-7-11(8-4-1)13-12-9-5-2-6-10-12;;;;;;;/h1-10H;6*1H;/q-1;;;;;;;+5/p-6. The van der Waals surface area contributed by atoms with Crippen LogP contribution in [0, 0.1) is 7.14 Å². The molecule has 20 heavy (non-hydrogen) atoms. The molecule has 0 amide bonds. The summed E-state index contributed by atoms with van der Waals surface area (Å²) in [6, 6.07) is 21.4. The number of hydrogen-bond donors (Lipinski definition) is 0. The van der Waals surface area contributed by atoms with E-state index in [1.807, 2.05) is 0 Å². The first kappa shape index (κ1) is 17.6. The van der Waals surface area contributed by atoms with E-state index in [2.05, 4.69) is 60.7 Å². The third kappa shape index (κ3) is 12.6. The van der Waals surface area contributed by atoms with Crippen molar-refractivity contribution in [1.29, 1.82) is 0 Å². The van der Waals surface area contributed by atoms with Gasteiger partial charge >= 0.3 is 125 Å². The molecule has 2 aromatic carbocycles. The normalized spacial score (nSPS) is 14.7. The molecule has 0 aliphatic heterocycles. The van der Waals surface area contributed by atoms with Crippen LogP contribution in [0.2, 0.25) is 0 Å². The van der Waals surface area contributed by atoms with Gasteiger partial charge in [-0.3, -0.25) is 0 Å². The molecule has 114 valence electrons. The van der Waals surface area contributed by atoms with Crippen LogP contribution in [0.5, 0.6) is 0 Å². The summed E-state index contributed by atoms with van der Waals surface area (Å²) in [6.45, 7) is 0. The third-order valence-electron chi connectivity index (χ3n) is 1.68. The molecule has 2 aromatic rings. The average Bonchev–Trinajstić information content (AvgIpc) is 2.27. The van der Waals surface area contributed by atoms with E-state index in [-0.39, 0.29) is 21.2 Å².